The van der Waals surface area contributed by atoms with Crippen LogP contribution in [-0.4, -0.2) is 5.91 Å². The molecule has 0 aliphatic carbocycles. The molecule has 0 aliphatic rings. The molecule has 2 aromatic rings. The first kappa shape index (κ1) is 14.3. The molecule has 0 aromatic heterocycles. The molecular weight excluding hydrogens is 246 g/mol. The minimum atomic E-state index is -0.0322. The van der Waals surface area contributed by atoms with Crippen molar-refractivity contribution in [2.24, 2.45) is 0 Å². The van der Waals surface area contributed by atoms with E-state index in [0.29, 0.717) is 0 Å². The van der Waals surface area contributed by atoms with Gasteiger partial charge >= 0.3 is 0 Å². The number of benzene rings is 2. The first-order valence-corrected chi connectivity index (χ1v) is 7.00. The number of hydrogen-bond donors (Lipinski definition) is 1. The lowest BCUT2D eigenvalue weighted by Crippen LogP contribution is -2.15. The molecule has 0 saturated heterocycles. The monoisotopic (exact) mass is 267 g/mol. The summed E-state index contributed by atoms with van der Waals surface area (Å²) in [4.78, 5) is 12.5. The van der Waals surface area contributed by atoms with Crippen molar-refractivity contribution in [2.75, 3.05) is 5.32 Å². The largest absolute Gasteiger partial charge is 0.321 e. The van der Waals surface area contributed by atoms with Crippen LogP contribution >= 0.6 is 0 Å². The van der Waals surface area contributed by atoms with Gasteiger partial charge in [0, 0.05) is 11.3 Å². The number of carbonyl (C=O) groups is 1. The van der Waals surface area contributed by atoms with Crippen LogP contribution in [0.15, 0.2) is 36.4 Å². The van der Waals surface area contributed by atoms with Crippen LogP contribution in [0.1, 0.15) is 39.5 Å². The van der Waals surface area contributed by atoms with Crippen molar-refractivity contribution < 1.29 is 4.79 Å². The number of nitrogens with one attached hydrogen (secondary N) is 1. The molecule has 0 saturated carbocycles. The zero-order valence-corrected chi connectivity index (χ0v) is 12.6. The van der Waals surface area contributed by atoms with E-state index in [1.807, 2.05) is 51.1 Å². The zero-order chi connectivity index (χ0) is 14.7. The van der Waals surface area contributed by atoms with E-state index in [1.54, 1.807) is 0 Å². The topological polar surface area (TPSA) is 29.1 Å². The van der Waals surface area contributed by atoms with Gasteiger partial charge in [0.25, 0.3) is 5.91 Å². The Hall–Kier alpha value is -2.09. The minimum Gasteiger partial charge on any atom is -0.321 e. The highest BCUT2D eigenvalue weighted by Gasteiger charge is 2.12. The summed E-state index contributed by atoms with van der Waals surface area (Å²) in [7, 11) is 0. The Balaban J connectivity index is 2.35. The van der Waals surface area contributed by atoms with Crippen LogP contribution in [0.25, 0.3) is 0 Å². The van der Waals surface area contributed by atoms with E-state index in [2.05, 4.69) is 18.3 Å². The highest BCUT2D eigenvalue weighted by atomic mass is 16.1. The van der Waals surface area contributed by atoms with Gasteiger partial charge in [-0.3, -0.25) is 4.79 Å². The van der Waals surface area contributed by atoms with Gasteiger partial charge in [0.2, 0.25) is 0 Å². The van der Waals surface area contributed by atoms with Gasteiger partial charge < -0.3 is 5.32 Å². The fourth-order valence-electron chi connectivity index (χ4n) is 2.36. The molecule has 0 aliphatic heterocycles. The summed E-state index contributed by atoms with van der Waals surface area (Å²) in [5, 5.41) is 3.08. The van der Waals surface area contributed by atoms with Gasteiger partial charge in [-0.2, -0.15) is 0 Å². The third kappa shape index (κ3) is 2.90. The van der Waals surface area contributed by atoms with Crippen molar-refractivity contribution in [1.29, 1.82) is 0 Å². The number of para-hydroxylation sites is 1. The molecule has 2 aromatic carbocycles. The molecule has 20 heavy (non-hydrogen) atoms. The van der Waals surface area contributed by atoms with Gasteiger partial charge in [-0.1, -0.05) is 42.8 Å². The minimum absolute atomic E-state index is 0.0322. The van der Waals surface area contributed by atoms with Crippen LogP contribution < -0.4 is 5.32 Å². The maximum Gasteiger partial charge on any atom is 0.255 e. The lowest BCUT2D eigenvalue weighted by Gasteiger charge is -2.14. The Morgan fingerprint density at radius 3 is 2.50 bits per heavy atom. The molecule has 1 N–H and O–H groups in total. The SMILES string of the molecule is CCc1cccc(C)c1NC(=O)c1cc(C)ccc1C. The molecule has 1 amide bonds. The summed E-state index contributed by atoms with van der Waals surface area (Å²) in [5.74, 6) is -0.0322. The number of amides is 1. The summed E-state index contributed by atoms with van der Waals surface area (Å²) < 4.78 is 0. The number of aryl methyl sites for hydroxylation is 4. The summed E-state index contributed by atoms with van der Waals surface area (Å²) in [6.45, 7) is 8.09. The van der Waals surface area contributed by atoms with Gasteiger partial charge in [-0.05, 0) is 49.9 Å². The van der Waals surface area contributed by atoms with Crippen molar-refractivity contribution >= 4 is 11.6 Å². The number of anilines is 1. The maximum atomic E-state index is 12.5. The molecule has 0 fully saturated rings. The standard InChI is InChI=1S/C18H21NO/c1-5-15-8-6-7-14(4)17(15)19-18(20)16-11-12(2)9-10-13(16)3/h6-11H,5H2,1-4H3,(H,19,20). The van der Waals surface area contributed by atoms with E-state index >= 15 is 0 Å². The molecule has 0 unspecified atom stereocenters. The van der Waals surface area contributed by atoms with Crippen LogP contribution in [0.4, 0.5) is 5.69 Å². The van der Waals surface area contributed by atoms with Crippen molar-refractivity contribution in [3.8, 4) is 0 Å². The third-order valence-electron chi connectivity index (χ3n) is 3.62. The summed E-state index contributed by atoms with van der Waals surface area (Å²) in [5.41, 5.74) is 6.06. The van der Waals surface area contributed by atoms with Gasteiger partial charge in [-0.15, -0.1) is 0 Å². The molecule has 0 atom stereocenters. The Labute approximate surface area is 120 Å². The first-order chi connectivity index (χ1) is 9.52. The van der Waals surface area contributed by atoms with E-state index in [4.69, 9.17) is 0 Å². The number of hydrogen-bond acceptors (Lipinski definition) is 1. The summed E-state index contributed by atoms with van der Waals surface area (Å²) in [6.07, 6.45) is 0.907. The van der Waals surface area contributed by atoms with Crippen molar-refractivity contribution in [3.05, 3.63) is 64.2 Å². The van der Waals surface area contributed by atoms with Gasteiger partial charge in [0.05, 0.1) is 0 Å². The Morgan fingerprint density at radius 2 is 1.80 bits per heavy atom. The Kier molecular flexibility index (Phi) is 4.23. The number of rotatable bonds is 3. The summed E-state index contributed by atoms with van der Waals surface area (Å²) in [6, 6.07) is 12.1. The highest BCUT2D eigenvalue weighted by molar-refractivity contribution is 6.06. The van der Waals surface area contributed by atoms with Crippen molar-refractivity contribution in [3.63, 3.8) is 0 Å². The van der Waals surface area contributed by atoms with Crippen molar-refractivity contribution in [1.82, 2.24) is 0 Å². The van der Waals surface area contributed by atoms with Crippen LogP contribution in [-0.2, 0) is 6.42 Å². The van der Waals surface area contributed by atoms with E-state index < -0.39 is 0 Å². The first-order valence-electron chi connectivity index (χ1n) is 7.00. The second-order valence-electron chi connectivity index (χ2n) is 5.24. The molecule has 2 nitrogen and oxygen atoms in total. The Morgan fingerprint density at radius 1 is 1.05 bits per heavy atom. The quantitative estimate of drug-likeness (QED) is 0.876. The number of carbonyl (C=O) groups excluding carboxylic acids is 1. The van der Waals surface area contributed by atoms with Crippen molar-refractivity contribution in [2.45, 2.75) is 34.1 Å². The smallest absolute Gasteiger partial charge is 0.255 e. The molecule has 2 heteroatoms. The van der Waals surface area contributed by atoms with Gasteiger partial charge in [0.1, 0.15) is 0 Å². The fourth-order valence-corrected chi connectivity index (χ4v) is 2.36. The second-order valence-corrected chi connectivity index (χ2v) is 5.24. The van der Waals surface area contributed by atoms with Crippen LogP contribution in [0, 0.1) is 20.8 Å². The molecule has 0 heterocycles. The fraction of sp³-hybridized carbons (Fsp3) is 0.278. The normalized spacial score (nSPS) is 10.4. The second kappa shape index (κ2) is 5.91. The van der Waals surface area contributed by atoms with Gasteiger partial charge in [-0.25, -0.2) is 0 Å². The highest BCUT2D eigenvalue weighted by Crippen LogP contribution is 2.22. The van der Waals surface area contributed by atoms with E-state index in [9.17, 15) is 4.79 Å². The van der Waals surface area contributed by atoms with E-state index in [1.165, 1.54) is 5.56 Å². The molecule has 0 radical (unpaired) electrons. The average Bonchev–Trinajstić information content (AvgIpc) is 2.43. The average molecular weight is 267 g/mol. The maximum absolute atomic E-state index is 12.5. The lowest BCUT2D eigenvalue weighted by atomic mass is 10.0. The Bertz CT molecular complexity index is 644. The molecule has 104 valence electrons. The molecule has 0 spiro atoms. The molecular formula is C18H21NO. The van der Waals surface area contributed by atoms with Crippen LogP contribution in [0.5, 0.6) is 0 Å². The molecule has 0 bridgehead atoms. The molecule has 2 rings (SSSR count). The third-order valence-corrected chi connectivity index (χ3v) is 3.62. The van der Waals surface area contributed by atoms with Crippen LogP contribution in [0.2, 0.25) is 0 Å². The zero-order valence-electron chi connectivity index (χ0n) is 12.6. The van der Waals surface area contributed by atoms with Gasteiger partial charge in [0.15, 0.2) is 0 Å². The van der Waals surface area contributed by atoms with Crippen LogP contribution in [0.3, 0.4) is 0 Å². The summed E-state index contributed by atoms with van der Waals surface area (Å²) >= 11 is 0. The van der Waals surface area contributed by atoms with E-state index in [-0.39, 0.29) is 5.91 Å². The predicted molar refractivity (Wildman–Crippen MR) is 84.4 cm³/mol. The predicted octanol–water partition coefficient (Wildman–Crippen LogP) is 4.43. The lowest BCUT2D eigenvalue weighted by molar-refractivity contribution is 0.102. The van der Waals surface area contributed by atoms with E-state index in [0.717, 1.165) is 34.4 Å².